The van der Waals surface area contributed by atoms with Crippen molar-refractivity contribution in [1.82, 2.24) is 15.1 Å². The Kier molecular flexibility index (Phi) is 4.79. The van der Waals surface area contributed by atoms with E-state index in [0.29, 0.717) is 12.1 Å². The van der Waals surface area contributed by atoms with Gasteiger partial charge in [-0.25, -0.2) is 0 Å². The Balaban J connectivity index is 1.79. The summed E-state index contributed by atoms with van der Waals surface area (Å²) in [7, 11) is 4.38. The van der Waals surface area contributed by atoms with Gasteiger partial charge >= 0.3 is 0 Å². The second-order valence-corrected chi connectivity index (χ2v) is 5.58. The maximum atomic E-state index is 5.85. The minimum atomic E-state index is 0.375. The first-order chi connectivity index (χ1) is 8.18. The van der Waals surface area contributed by atoms with Crippen molar-refractivity contribution in [2.75, 3.05) is 46.9 Å². The largest absolute Gasteiger partial charge is 0.374 e. The first-order valence-corrected chi connectivity index (χ1v) is 6.91. The van der Waals surface area contributed by atoms with Gasteiger partial charge in [-0.3, -0.25) is 4.90 Å². The zero-order chi connectivity index (χ0) is 12.3. The second-order valence-electron chi connectivity index (χ2n) is 5.58. The minimum Gasteiger partial charge on any atom is -0.374 e. The van der Waals surface area contributed by atoms with E-state index in [2.05, 4.69) is 36.1 Å². The monoisotopic (exact) mass is 241 g/mol. The van der Waals surface area contributed by atoms with Gasteiger partial charge < -0.3 is 15.0 Å². The van der Waals surface area contributed by atoms with Crippen LogP contribution in [0.3, 0.4) is 0 Å². The van der Waals surface area contributed by atoms with E-state index in [1.54, 1.807) is 0 Å². The van der Waals surface area contributed by atoms with Gasteiger partial charge in [-0.1, -0.05) is 0 Å². The topological polar surface area (TPSA) is 27.7 Å². The Hall–Kier alpha value is -0.160. The van der Waals surface area contributed by atoms with Crippen LogP contribution in [-0.4, -0.2) is 74.9 Å². The molecule has 2 fully saturated rings. The van der Waals surface area contributed by atoms with Crippen LogP contribution in [0.15, 0.2) is 0 Å². The summed E-state index contributed by atoms with van der Waals surface area (Å²) < 4.78 is 5.85. The average molecular weight is 241 g/mol. The lowest BCUT2D eigenvalue weighted by atomic mass is 10.0. The molecule has 0 aromatic rings. The zero-order valence-corrected chi connectivity index (χ0v) is 11.5. The Morgan fingerprint density at radius 2 is 2.00 bits per heavy atom. The van der Waals surface area contributed by atoms with Gasteiger partial charge in [0, 0.05) is 38.3 Å². The van der Waals surface area contributed by atoms with Crippen LogP contribution in [0.25, 0.3) is 0 Å². The van der Waals surface area contributed by atoms with E-state index in [9.17, 15) is 0 Å². The van der Waals surface area contributed by atoms with Crippen molar-refractivity contribution >= 4 is 0 Å². The van der Waals surface area contributed by atoms with Crippen LogP contribution in [0.4, 0.5) is 0 Å². The molecule has 0 aromatic carbocycles. The normalized spacial score (nSPS) is 30.7. The van der Waals surface area contributed by atoms with Crippen LogP contribution in [-0.2, 0) is 4.74 Å². The molecule has 0 aromatic heterocycles. The fraction of sp³-hybridized carbons (Fsp3) is 1.00. The van der Waals surface area contributed by atoms with Crippen LogP contribution in [0.5, 0.6) is 0 Å². The van der Waals surface area contributed by atoms with Crippen LogP contribution < -0.4 is 5.32 Å². The van der Waals surface area contributed by atoms with Crippen molar-refractivity contribution in [2.24, 2.45) is 0 Å². The second kappa shape index (κ2) is 6.14. The van der Waals surface area contributed by atoms with Gasteiger partial charge in [0.15, 0.2) is 0 Å². The van der Waals surface area contributed by atoms with Gasteiger partial charge in [0.05, 0.1) is 12.7 Å². The summed E-state index contributed by atoms with van der Waals surface area (Å²) in [5.74, 6) is 0. The van der Waals surface area contributed by atoms with E-state index in [4.69, 9.17) is 4.74 Å². The molecule has 100 valence electrons. The summed E-state index contributed by atoms with van der Waals surface area (Å²) in [6, 6.07) is 1.31. The van der Waals surface area contributed by atoms with Gasteiger partial charge in [0.1, 0.15) is 0 Å². The summed E-state index contributed by atoms with van der Waals surface area (Å²) in [4.78, 5) is 4.96. The number of nitrogens with one attached hydrogen (secondary N) is 1. The summed E-state index contributed by atoms with van der Waals surface area (Å²) in [6.45, 7) is 7.62. The SMILES string of the molecule is CC(C1CNCCO1)N1CCC(N(C)C)CC1. The molecule has 0 radical (unpaired) electrons. The summed E-state index contributed by atoms with van der Waals surface area (Å²) >= 11 is 0. The summed E-state index contributed by atoms with van der Waals surface area (Å²) in [5.41, 5.74) is 0. The highest BCUT2D eigenvalue weighted by Gasteiger charge is 2.29. The molecule has 0 saturated carbocycles. The smallest absolute Gasteiger partial charge is 0.0852 e. The Bertz CT molecular complexity index is 221. The highest BCUT2D eigenvalue weighted by Crippen LogP contribution is 2.19. The predicted octanol–water partition coefficient (Wildman–Crippen LogP) is 0.389. The molecule has 2 rings (SSSR count). The number of likely N-dealkylation sites (tertiary alicyclic amines) is 1. The lowest BCUT2D eigenvalue weighted by Crippen LogP contribution is -2.54. The molecular weight excluding hydrogens is 214 g/mol. The van der Waals surface area contributed by atoms with Crippen LogP contribution in [0.2, 0.25) is 0 Å². The van der Waals surface area contributed by atoms with Crippen LogP contribution in [0.1, 0.15) is 19.8 Å². The Labute approximate surface area is 105 Å². The first kappa shape index (κ1) is 13.3. The van der Waals surface area contributed by atoms with E-state index >= 15 is 0 Å². The standard InChI is InChI=1S/C13H27N3O/c1-11(13-10-14-6-9-17-13)16-7-4-12(5-8-16)15(2)3/h11-14H,4-10H2,1-3H3. The molecule has 17 heavy (non-hydrogen) atoms. The molecule has 4 nitrogen and oxygen atoms in total. The number of rotatable bonds is 3. The highest BCUT2D eigenvalue weighted by molar-refractivity contribution is 4.85. The molecule has 0 amide bonds. The summed E-state index contributed by atoms with van der Waals surface area (Å²) in [5, 5.41) is 3.42. The molecule has 2 atom stereocenters. The molecular formula is C13H27N3O. The third-order valence-corrected chi connectivity index (χ3v) is 4.30. The quantitative estimate of drug-likeness (QED) is 0.773. The van der Waals surface area contributed by atoms with Gasteiger partial charge in [-0.2, -0.15) is 0 Å². The number of piperidine rings is 1. The fourth-order valence-electron chi connectivity index (χ4n) is 2.94. The number of ether oxygens (including phenoxy) is 1. The molecule has 2 aliphatic heterocycles. The summed E-state index contributed by atoms with van der Waals surface area (Å²) in [6.07, 6.45) is 2.95. The van der Waals surface area contributed by atoms with E-state index in [0.717, 1.165) is 25.7 Å². The predicted molar refractivity (Wildman–Crippen MR) is 70.4 cm³/mol. The average Bonchev–Trinajstić information content (AvgIpc) is 2.39. The van der Waals surface area contributed by atoms with Crippen molar-refractivity contribution in [2.45, 2.75) is 38.0 Å². The van der Waals surface area contributed by atoms with E-state index in [-0.39, 0.29) is 0 Å². The molecule has 2 saturated heterocycles. The molecule has 0 bridgehead atoms. The number of nitrogens with zero attached hydrogens (tertiary/aromatic N) is 2. The Morgan fingerprint density at radius 3 is 2.53 bits per heavy atom. The highest BCUT2D eigenvalue weighted by atomic mass is 16.5. The number of hydrogen-bond acceptors (Lipinski definition) is 4. The number of hydrogen-bond donors (Lipinski definition) is 1. The van der Waals surface area contributed by atoms with Crippen LogP contribution in [0, 0.1) is 0 Å². The number of morpholine rings is 1. The van der Waals surface area contributed by atoms with E-state index in [1.807, 2.05) is 0 Å². The van der Waals surface area contributed by atoms with Crippen molar-refractivity contribution < 1.29 is 4.74 Å². The third kappa shape index (κ3) is 3.41. The van der Waals surface area contributed by atoms with Crippen molar-refractivity contribution in [3.8, 4) is 0 Å². The van der Waals surface area contributed by atoms with Gasteiger partial charge in [-0.05, 0) is 33.9 Å². The van der Waals surface area contributed by atoms with Gasteiger partial charge in [0.25, 0.3) is 0 Å². The van der Waals surface area contributed by atoms with E-state index in [1.165, 1.54) is 25.9 Å². The minimum absolute atomic E-state index is 0.375. The maximum absolute atomic E-state index is 5.85. The molecule has 1 N–H and O–H groups in total. The van der Waals surface area contributed by atoms with E-state index < -0.39 is 0 Å². The van der Waals surface area contributed by atoms with Crippen molar-refractivity contribution in [1.29, 1.82) is 0 Å². The van der Waals surface area contributed by atoms with Crippen molar-refractivity contribution in [3.63, 3.8) is 0 Å². The molecule has 2 heterocycles. The van der Waals surface area contributed by atoms with Crippen LogP contribution >= 0.6 is 0 Å². The molecule has 0 aliphatic carbocycles. The lowest BCUT2D eigenvalue weighted by Gasteiger charge is -2.41. The third-order valence-electron chi connectivity index (χ3n) is 4.30. The van der Waals surface area contributed by atoms with Crippen molar-refractivity contribution in [3.05, 3.63) is 0 Å². The zero-order valence-electron chi connectivity index (χ0n) is 11.5. The molecule has 2 aliphatic rings. The Morgan fingerprint density at radius 1 is 1.29 bits per heavy atom. The fourth-order valence-corrected chi connectivity index (χ4v) is 2.94. The molecule has 4 heteroatoms. The van der Waals surface area contributed by atoms with Gasteiger partial charge in [0.2, 0.25) is 0 Å². The van der Waals surface area contributed by atoms with Gasteiger partial charge in [-0.15, -0.1) is 0 Å². The molecule has 0 spiro atoms. The first-order valence-electron chi connectivity index (χ1n) is 6.91. The molecule has 2 unspecified atom stereocenters. The lowest BCUT2D eigenvalue weighted by molar-refractivity contribution is -0.0348. The maximum Gasteiger partial charge on any atom is 0.0852 e.